The van der Waals surface area contributed by atoms with Crippen molar-refractivity contribution in [3.05, 3.63) is 24.4 Å². The zero-order valence-electron chi connectivity index (χ0n) is 9.37. The molecule has 2 aromatic rings. The number of hydrogen-bond acceptors (Lipinski definition) is 3. The molecule has 0 spiro atoms. The van der Waals surface area contributed by atoms with Gasteiger partial charge in [0, 0.05) is 16.6 Å². The molecule has 0 fully saturated rings. The molecule has 2 rings (SSSR count). The first-order valence-corrected chi connectivity index (χ1v) is 5.23. The van der Waals surface area contributed by atoms with Crippen molar-refractivity contribution in [2.24, 2.45) is 0 Å². The first-order chi connectivity index (χ1) is 7.11. The Kier molecular flexibility index (Phi) is 2.39. The van der Waals surface area contributed by atoms with Crippen molar-refractivity contribution >= 4 is 16.7 Å². The Labute approximate surface area is 89.5 Å². The summed E-state index contributed by atoms with van der Waals surface area (Å²) in [5, 5.41) is 8.27. The van der Waals surface area contributed by atoms with Crippen LogP contribution in [0.4, 0.5) is 5.69 Å². The first kappa shape index (κ1) is 10.0. The third kappa shape index (κ3) is 2.12. The van der Waals surface area contributed by atoms with E-state index in [1.54, 1.807) is 6.20 Å². The highest BCUT2D eigenvalue weighted by atomic mass is 16.5. The molecule has 1 heterocycles. The number of hydrogen-bond donors (Lipinski definition) is 1. The summed E-state index contributed by atoms with van der Waals surface area (Å²) in [6, 6.07) is 6.02. The van der Waals surface area contributed by atoms with Crippen molar-refractivity contribution in [1.29, 1.82) is 0 Å². The largest absolute Gasteiger partial charge is 0.380 e. The predicted octanol–water partition coefficient (Wildman–Crippen LogP) is 3.43. The van der Waals surface area contributed by atoms with Gasteiger partial charge in [-0.15, -0.1) is 0 Å². The molecule has 0 aliphatic carbocycles. The fourth-order valence-electron chi connectivity index (χ4n) is 1.43. The van der Waals surface area contributed by atoms with Crippen LogP contribution in [0.5, 0.6) is 0 Å². The third-order valence-corrected chi connectivity index (χ3v) is 2.72. The van der Waals surface area contributed by atoms with Crippen LogP contribution >= 0.6 is 0 Å². The van der Waals surface area contributed by atoms with Crippen LogP contribution in [-0.2, 0) is 0 Å². The molecule has 80 valence electrons. The minimum Gasteiger partial charge on any atom is -0.380 e. The molecule has 0 bridgehead atoms. The molecule has 0 amide bonds. The highest BCUT2D eigenvalue weighted by Crippen LogP contribution is 2.22. The lowest BCUT2D eigenvalue weighted by Gasteiger charge is -2.25. The van der Waals surface area contributed by atoms with Crippen molar-refractivity contribution in [3.63, 3.8) is 0 Å². The standard InChI is InChI=1S/C12H16N2O/c1-4-12(2,3)14-10-5-6-11-9(7-10)8-13-15-11/h5-8,14H,4H2,1-3H3. The van der Waals surface area contributed by atoms with Gasteiger partial charge >= 0.3 is 0 Å². The van der Waals surface area contributed by atoms with Gasteiger partial charge in [-0.2, -0.15) is 0 Å². The Morgan fingerprint density at radius 2 is 2.20 bits per heavy atom. The van der Waals surface area contributed by atoms with Crippen LogP contribution in [0.3, 0.4) is 0 Å². The van der Waals surface area contributed by atoms with E-state index in [1.807, 2.05) is 12.1 Å². The van der Waals surface area contributed by atoms with Crippen LogP contribution in [0.15, 0.2) is 28.9 Å². The average Bonchev–Trinajstić information content (AvgIpc) is 2.64. The number of fused-ring (bicyclic) bond motifs is 1. The fraction of sp³-hybridized carbons (Fsp3) is 0.417. The minimum absolute atomic E-state index is 0.116. The van der Waals surface area contributed by atoms with E-state index in [0.717, 1.165) is 23.1 Å². The van der Waals surface area contributed by atoms with E-state index in [4.69, 9.17) is 4.52 Å². The van der Waals surface area contributed by atoms with Crippen molar-refractivity contribution in [2.75, 3.05) is 5.32 Å². The molecule has 0 atom stereocenters. The second-order valence-corrected chi connectivity index (χ2v) is 4.44. The molecule has 3 heteroatoms. The molecule has 1 aromatic carbocycles. The van der Waals surface area contributed by atoms with E-state index in [2.05, 4.69) is 37.3 Å². The summed E-state index contributed by atoms with van der Waals surface area (Å²) in [6.07, 6.45) is 2.81. The summed E-state index contributed by atoms with van der Waals surface area (Å²) >= 11 is 0. The Hall–Kier alpha value is -1.51. The molecule has 1 aromatic heterocycles. The molecule has 0 unspecified atom stereocenters. The molecule has 0 aliphatic rings. The number of benzene rings is 1. The van der Waals surface area contributed by atoms with Gasteiger partial charge in [-0.05, 0) is 38.5 Å². The SMILES string of the molecule is CCC(C)(C)Nc1ccc2oncc2c1. The number of rotatable bonds is 3. The summed E-state index contributed by atoms with van der Waals surface area (Å²) in [7, 11) is 0. The second-order valence-electron chi connectivity index (χ2n) is 4.44. The van der Waals surface area contributed by atoms with E-state index in [9.17, 15) is 0 Å². The summed E-state index contributed by atoms with van der Waals surface area (Å²) in [6.45, 7) is 6.54. The number of aromatic nitrogens is 1. The van der Waals surface area contributed by atoms with E-state index < -0.39 is 0 Å². The van der Waals surface area contributed by atoms with E-state index in [0.29, 0.717) is 0 Å². The summed E-state index contributed by atoms with van der Waals surface area (Å²) in [4.78, 5) is 0. The van der Waals surface area contributed by atoms with Crippen LogP contribution in [0.1, 0.15) is 27.2 Å². The maximum Gasteiger partial charge on any atom is 0.166 e. The molecule has 15 heavy (non-hydrogen) atoms. The zero-order chi connectivity index (χ0) is 10.9. The smallest absolute Gasteiger partial charge is 0.166 e. The lowest BCUT2D eigenvalue weighted by molar-refractivity contribution is 0.456. The second kappa shape index (κ2) is 3.57. The Morgan fingerprint density at radius 1 is 1.40 bits per heavy atom. The normalized spacial score (nSPS) is 11.9. The third-order valence-electron chi connectivity index (χ3n) is 2.72. The summed E-state index contributed by atoms with van der Waals surface area (Å²) in [5.41, 5.74) is 2.05. The number of nitrogens with one attached hydrogen (secondary N) is 1. The Bertz CT molecular complexity index is 459. The highest BCUT2D eigenvalue weighted by Gasteiger charge is 2.14. The van der Waals surface area contributed by atoms with Gasteiger partial charge in [0.25, 0.3) is 0 Å². The molecule has 1 N–H and O–H groups in total. The van der Waals surface area contributed by atoms with Crippen molar-refractivity contribution in [1.82, 2.24) is 5.16 Å². The highest BCUT2D eigenvalue weighted by molar-refractivity contribution is 5.80. The first-order valence-electron chi connectivity index (χ1n) is 5.23. The maximum absolute atomic E-state index is 5.05. The van der Waals surface area contributed by atoms with Gasteiger partial charge in [-0.3, -0.25) is 0 Å². The van der Waals surface area contributed by atoms with Crippen molar-refractivity contribution in [2.45, 2.75) is 32.7 Å². The molecular weight excluding hydrogens is 188 g/mol. The van der Waals surface area contributed by atoms with Gasteiger partial charge in [0.15, 0.2) is 5.58 Å². The van der Waals surface area contributed by atoms with Crippen LogP contribution in [0.2, 0.25) is 0 Å². The summed E-state index contributed by atoms with van der Waals surface area (Å²) < 4.78 is 5.05. The van der Waals surface area contributed by atoms with Gasteiger partial charge in [-0.25, -0.2) is 0 Å². The van der Waals surface area contributed by atoms with Crippen LogP contribution < -0.4 is 5.32 Å². The van der Waals surface area contributed by atoms with E-state index in [-0.39, 0.29) is 5.54 Å². The van der Waals surface area contributed by atoms with Crippen LogP contribution in [0.25, 0.3) is 11.0 Å². The van der Waals surface area contributed by atoms with Crippen LogP contribution in [0, 0.1) is 0 Å². The van der Waals surface area contributed by atoms with Gasteiger partial charge in [0.1, 0.15) is 0 Å². The quantitative estimate of drug-likeness (QED) is 0.832. The van der Waals surface area contributed by atoms with E-state index in [1.165, 1.54) is 0 Å². The van der Waals surface area contributed by atoms with E-state index >= 15 is 0 Å². The van der Waals surface area contributed by atoms with Gasteiger partial charge < -0.3 is 9.84 Å². The monoisotopic (exact) mass is 204 g/mol. The number of anilines is 1. The topological polar surface area (TPSA) is 38.1 Å². The van der Waals surface area contributed by atoms with Gasteiger partial charge in [0.2, 0.25) is 0 Å². The lowest BCUT2D eigenvalue weighted by atomic mass is 10.0. The summed E-state index contributed by atoms with van der Waals surface area (Å²) in [5.74, 6) is 0. The van der Waals surface area contributed by atoms with Crippen molar-refractivity contribution < 1.29 is 4.52 Å². The molecule has 3 nitrogen and oxygen atoms in total. The minimum atomic E-state index is 0.116. The molecular formula is C12H16N2O. The molecule has 0 radical (unpaired) electrons. The average molecular weight is 204 g/mol. The van der Waals surface area contributed by atoms with Crippen molar-refractivity contribution in [3.8, 4) is 0 Å². The van der Waals surface area contributed by atoms with Gasteiger partial charge in [0.05, 0.1) is 6.20 Å². The van der Waals surface area contributed by atoms with Crippen LogP contribution in [-0.4, -0.2) is 10.7 Å². The number of nitrogens with zero attached hydrogens (tertiary/aromatic N) is 1. The Morgan fingerprint density at radius 3 is 2.93 bits per heavy atom. The maximum atomic E-state index is 5.05. The predicted molar refractivity (Wildman–Crippen MR) is 62.0 cm³/mol. The lowest BCUT2D eigenvalue weighted by Crippen LogP contribution is -2.29. The molecule has 0 aliphatic heterocycles. The molecule has 0 saturated carbocycles. The Balaban J connectivity index is 2.28. The molecule has 0 saturated heterocycles. The fourth-order valence-corrected chi connectivity index (χ4v) is 1.43. The van der Waals surface area contributed by atoms with Gasteiger partial charge in [-0.1, -0.05) is 12.1 Å². The zero-order valence-corrected chi connectivity index (χ0v) is 9.37.